The van der Waals surface area contributed by atoms with Crippen LogP contribution in [-0.2, 0) is 24.2 Å². The van der Waals surface area contributed by atoms with Gasteiger partial charge in [-0.25, -0.2) is 4.98 Å². The number of rotatable bonds is 6. The number of anilines is 2. The van der Waals surface area contributed by atoms with Gasteiger partial charge in [0.05, 0.1) is 29.8 Å². The highest BCUT2D eigenvalue weighted by atomic mass is 19.1. The lowest BCUT2D eigenvalue weighted by Crippen LogP contribution is -2.46. The predicted octanol–water partition coefficient (Wildman–Crippen LogP) is 3.12. The number of hydrogen-bond donors (Lipinski definition) is 1. The SMILES string of the molecule is CC[C@H]1C(=O)Nc2c(cc(CCc3cnn(Cc4ccc(F)nc4)c3)nc2C)N1C. The first-order chi connectivity index (χ1) is 14.4. The first-order valence-corrected chi connectivity index (χ1v) is 10.1. The highest BCUT2D eigenvalue weighted by Crippen LogP contribution is 2.34. The van der Waals surface area contributed by atoms with Gasteiger partial charge in [-0.15, -0.1) is 0 Å². The summed E-state index contributed by atoms with van der Waals surface area (Å²) in [5.41, 5.74) is 5.64. The lowest BCUT2D eigenvalue weighted by atomic mass is 10.0. The average Bonchev–Trinajstić information content (AvgIpc) is 3.17. The maximum atomic E-state index is 12.9. The van der Waals surface area contributed by atoms with E-state index < -0.39 is 5.95 Å². The molecule has 1 aliphatic rings. The summed E-state index contributed by atoms with van der Waals surface area (Å²) in [6, 6.07) is 4.97. The van der Waals surface area contributed by atoms with Gasteiger partial charge in [-0.05, 0) is 49.4 Å². The Balaban J connectivity index is 1.45. The molecule has 4 heterocycles. The van der Waals surface area contributed by atoms with Gasteiger partial charge in [0.2, 0.25) is 11.9 Å². The molecule has 7 nitrogen and oxygen atoms in total. The fourth-order valence-corrected chi connectivity index (χ4v) is 3.87. The van der Waals surface area contributed by atoms with Gasteiger partial charge in [0.25, 0.3) is 0 Å². The summed E-state index contributed by atoms with van der Waals surface area (Å²) in [5, 5.41) is 7.40. The van der Waals surface area contributed by atoms with E-state index in [1.807, 2.05) is 42.9 Å². The molecule has 30 heavy (non-hydrogen) atoms. The summed E-state index contributed by atoms with van der Waals surface area (Å²) in [5.74, 6) is -0.461. The van der Waals surface area contributed by atoms with Gasteiger partial charge in [-0.2, -0.15) is 9.49 Å². The molecule has 0 saturated carbocycles. The topological polar surface area (TPSA) is 75.9 Å². The Hall–Kier alpha value is -3.29. The molecule has 3 aromatic rings. The van der Waals surface area contributed by atoms with Crippen molar-refractivity contribution in [2.24, 2.45) is 0 Å². The maximum Gasteiger partial charge on any atom is 0.247 e. The molecule has 0 aromatic carbocycles. The summed E-state index contributed by atoms with van der Waals surface area (Å²) < 4.78 is 14.8. The zero-order valence-corrected chi connectivity index (χ0v) is 17.4. The van der Waals surface area contributed by atoms with Gasteiger partial charge in [-0.1, -0.05) is 13.0 Å². The van der Waals surface area contributed by atoms with Gasteiger partial charge in [-0.3, -0.25) is 14.5 Å². The minimum Gasteiger partial charge on any atom is -0.361 e. The van der Waals surface area contributed by atoms with E-state index in [1.165, 1.54) is 12.3 Å². The summed E-state index contributed by atoms with van der Waals surface area (Å²) in [4.78, 5) is 22.7. The second-order valence-corrected chi connectivity index (χ2v) is 7.65. The van der Waals surface area contributed by atoms with Crippen molar-refractivity contribution in [2.75, 3.05) is 17.3 Å². The van der Waals surface area contributed by atoms with Crippen LogP contribution in [0.15, 0.2) is 36.8 Å². The van der Waals surface area contributed by atoms with Crippen LogP contribution in [0.5, 0.6) is 0 Å². The molecule has 4 rings (SSSR count). The molecule has 8 heteroatoms. The Labute approximate surface area is 175 Å². The van der Waals surface area contributed by atoms with E-state index in [1.54, 1.807) is 6.07 Å². The molecule has 156 valence electrons. The Morgan fingerprint density at radius 2 is 2.03 bits per heavy atom. The Kier molecular flexibility index (Phi) is 5.48. The standard InChI is InChI=1S/C22H25FN6O/c1-4-18-22(30)27-21-14(2)26-17(9-19(21)28(18)3)7-5-16-11-25-29(13-16)12-15-6-8-20(23)24-10-15/h6,8-11,13,18H,4-5,7,12H2,1-3H3,(H,27,30)/t18-/m0/s1. The predicted molar refractivity (Wildman–Crippen MR) is 113 cm³/mol. The third-order valence-corrected chi connectivity index (χ3v) is 5.51. The number of carbonyl (C=O) groups is 1. The minimum atomic E-state index is -0.483. The zero-order valence-electron chi connectivity index (χ0n) is 17.4. The van der Waals surface area contributed by atoms with Crippen LogP contribution >= 0.6 is 0 Å². The van der Waals surface area contributed by atoms with Crippen molar-refractivity contribution in [2.45, 2.75) is 45.7 Å². The summed E-state index contributed by atoms with van der Waals surface area (Å²) >= 11 is 0. The number of nitrogens with zero attached hydrogens (tertiary/aromatic N) is 5. The number of fused-ring (bicyclic) bond motifs is 1. The number of hydrogen-bond acceptors (Lipinski definition) is 5. The molecule has 1 N–H and O–H groups in total. The van der Waals surface area contributed by atoms with Gasteiger partial charge < -0.3 is 10.2 Å². The minimum absolute atomic E-state index is 0.0221. The molecule has 0 saturated heterocycles. The number of halogens is 1. The normalized spacial score (nSPS) is 15.8. The van der Waals surface area contributed by atoms with Gasteiger partial charge >= 0.3 is 0 Å². The van der Waals surface area contributed by atoms with E-state index in [4.69, 9.17) is 4.98 Å². The largest absolute Gasteiger partial charge is 0.361 e. The molecule has 0 radical (unpaired) electrons. The third kappa shape index (κ3) is 4.03. The number of aromatic nitrogens is 4. The molecule has 0 fully saturated rings. The van der Waals surface area contributed by atoms with Crippen LogP contribution < -0.4 is 10.2 Å². The first-order valence-electron chi connectivity index (χ1n) is 10.1. The van der Waals surface area contributed by atoms with Crippen molar-refractivity contribution in [3.05, 3.63) is 65.3 Å². The van der Waals surface area contributed by atoms with E-state index in [9.17, 15) is 9.18 Å². The number of carbonyl (C=O) groups excluding carboxylic acids is 1. The van der Waals surface area contributed by atoms with Crippen LogP contribution in [0.3, 0.4) is 0 Å². The number of likely N-dealkylation sites (N-methyl/N-ethyl adjacent to an activating group) is 1. The fourth-order valence-electron chi connectivity index (χ4n) is 3.87. The van der Waals surface area contributed by atoms with E-state index in [2.05, 4.69) is 21.5 Å². The molecule has 1 atom stereocenters. The molecule has 3 aromatic heterocycles. The van der Waals surface area contributed by atoms with Crippen LogP contribution in [0.25, 0.3) is 0 Å². The Bertz CT molecular complexity index is 1060. The van der Waals surface area contributed by atoms with Crippen LogP contribution in [0.1, 0.15) is 35.9 Å². The van der Waals surface area contributed by atoms with Gasteiger partial charge in [0, 0.05) is 25.1 Å². The van der Waals surface area contributed by atoms with Crippen LogP contribution in [0.4, 0.5) is 15.8 Å². The Morgan fingerprint density at radius 1 is 1.20 bits per heavy atom. The smallest absolute Gasteiger partial charge is 0.247 e. The maximum absolute atomic E-state index is 12.9. The molecule has 1 aliphatic heterocycles. The molecule has 0 spiro atoms. The van der Waals surface area contributed by atoms with Crippen molar-refractivity contribution >= 4 is 17.3 Å². The van der Waals surface area contributed by atoms with Crippen molar-refractivity contribution in [1.82, 2.24) is 19.7 Å². The second-order valence-electron chi connectivity index (χ2n) is 7.65. The third-order valence-electron chi connectivity index (χ3n) is 5.51. The summed E-state index contributed by atoms with van der Waals surface area (Å²) in [6.07, 6.45) is 7.70. The molecular weight excluding hydrogens is 383 g/mol. The number of nitrogens with one attached hydrogen (secondary N) is 1. The molecule has 1 amide bonds. The number of aryl methyl sites for hydroxylation is 3. The highest BCUT2D eigenvalue weighted by molar-refractivity contribution is 6.04. The second kappa shape index (κ2) is 8.22. The van der Waals surface area contributed by atoms with Crippen LogP contribution in [0.2, 0.25) is 0 Å². The van der Waals surface area contributed by atoms with Gasteiger partial charge in [0.1, 0.15) is 6.04 Å². The first kappa shape index (κ1) is 20.0. The summed E-state index contributed by atoms with van der Waals surface area (Å²) in [7, 11) is 1.96. The monoisotopic (exact) mass is 408 g/mol. The molecule has 0 aliphatic carbocycles. The van der Waals surface area contributed by atoms with Crippen LogP contribution in [-0.4, -0.2) is 38.7 Å². The van der Waals surface area contributed by atoms with E-state index in [0.29, 0.717) is 6.54 Å². The Morgan fingerprint density at radius 3 is 2.77 bits per heavy atom. The van der Waals surface area contributed by atoms with Crippen molar-refractivity contribution < 1.29 is 9.18 Å². The lowest BCUT2D eigenvalue weighted by molar-refractivity contribution is -0.117. The quantitative estimate of drug-likeness (QED) is 0.634. The van der Waals surface area contributed by atoms with Crippen molar-refractivity contribution in [1.29, 1.82) is 0 Å². The zero-order chi connectivity index (χ0) is 21.3. The van der Waals surface area contributed by atoms with Crippen molar-refractivity contribution in [3.8, 4) is 0 Å². The van der Waals surface area contributed by atoms with E-state index in [0.717, 1.165) is 53.2 Å². The molecular formula is C22H25FN6O. The van der Waals surface area contributed by atoms with E-state index in [-0.39, 0.29) is 11.9 Å². The summed E-state index contributed by atoms with van der Waals surface area (Å²) in [6.45, 7) is 4.49. The van der Waals surface area contributed by atoms with Gasteiger partial charge in [0.15, 0.2) is 0 Å². The lowest BCUT2D eigenvalue weighted by Gasteiger charge is -2.35. The average molecular weight is 408 g/mol. The van der Waals surface area contributed by atoms with Crippen molar-refractivity contribution in [3.63, 3.8) is 0 Å². The van der Waals surface area contributed by atoms with Crippen LogP contribution in [0, 0.1) is 12.9 Å². The molecule has 0 unspecified atom stereocenters. The number of pyridine rings is 2. The highest BCUT2D eigenvalue weighted by Gasteiger charge is 2.30. The van der Waals surface area contributed by atoms with E-state index >= 15 is 0 Å². The molecule has 0 bridgehead atoms. The fraction of sp³-hybridized carbons (Fsp3) is 0.364. The number of amides is 1.